The topological polar surface area (TPSA) is 67.0 Å². The Hall–Kier alpha value is -1.31. The molecule has 23 heavy (non-hydrogen) atoms. The number of carbonyl (C=O) groups is 1. The minimum atomic E-state index is 0.01000. The number of amides is 1. The highest BCUT2D eigenvalue weighted by atomic mass is 32.2. The van der Waals surface area contributed by atoms with Gasteiger partial charge < -0.3 is 15.0 Å². The number of hydrogen-bond donors (Lipinski definition) is 2. The summed E-state index contributed by atoms with van der Waals surface area (Å²) in [6.07, 6.45) is 4.08. The number of aromatic nitrogens is 2. The predicted octanol–water partition coefficient (Wildman–Crippen LogP) is 3.29. The van der Waals surface area contributed by atoms with Crippen LogP contribution in [0, 0.1) is 6.92 Å². The molecule has 5 nitrogen and oxygen atoms in total. The maximum atomic E-state index is 12.2. The molecule has 0 spiro atoms. The number of carbonyl (C=O) groups excluding carboxylic acids is 1. The van der Waals surface area contributed by atoms with Crippen LogP contribution in [0.4, 0.5) is 0 Å². The smallest absolute Gasteiger partial charge is 0.261 e. The molecule has 0 aromatic carbocycles. The Bertz CT molecular complexity index is 647. The summed E-state index contributed by atoms with van der Waals surface area (Å²) in [7, 11) is 0. The average Bonchev–Trinajstić information content (AvgIpc) is 3.28. The predicted molar refractivity (Wildman–Crippen MR) is 94.1 cm³/mol. The highest BCUT2D eigenvalue weighted by Gasteiger charge is 2.20. The number of nitrogens with zero attached hydrogens (tertiary/aromatic N) is 1. The second kappa shape index (κ2) is 7.99. The summed E-state index contributed by atoms with van der Waals surface area (Å²) in [6.45, 7) is 3.52. The van der Waals surface area contributed by atoms with Crippen molar-refractivity contribution in [3.8, 4) is 0 Å². The van der Waals surface area contributed by atoms with Gasteiger partial charge in [0.1, 0.15) is 0 Å². The molecule has 3 rings (SSSR count). The molecule has 0 saturated carbocycles. The van der Waals surface area contributed by atoms with Crippen LogP contribution in [-0.4, -0.2) is 34.8 Å². The number of thiophene rings is 1. The van der Waals surface area contributed by atoms with E-state index >= 15 is 0 Å². The summed E-state index contributed by atoms with van der Waals surface area (Å²) in [6, 6.07) is 3.92. The number of ether oxygens (including phenoxy) is 1. The van der Waals surface area contributed by atoms with Crippen LogP contribution in [0.15, 0.2) is 18.5 Å². The zero-order chi connectivity index (χ0) is 16.1. The minimum absolute atomic E-state index is 0.01000. The molecule has 1 aliphatic heterocycles. The molecular weight excluding hydrogens is 330 g/mol. The molecule has 1 aliphatic rings. The van der Waals surface area contributed by atoms with Gasteiger partial charge in [-0.25, -0.2) is 4.98 Å². The van der Waals surface area contributed by atoms with E-state index < -0.39 is 0 Å². The van der Waals surface area contributed by atoms with Gasteiger partial charge in [-0.1, -0.05) is 0 Å². The zero-order valence-electron chi connectivity index (χ0n) is 13.1. The van der Waals surface area contributed by atoms with E-state index in [1.807, 2.05) is 19.1 Å². The molecule has 2 aromatic heterocycles. The van der Waals surface area contributed by atoms with Crippen molar-refractivity contribution < 1.29 is 9.53 Å². The highest BCUT2D eigenvalue weighted by Crippen LogP contribution is 2.33. The van der Waals surface area contributed by atoms with E-state index in [1.165, 1.54) is 0 Å². The van der Waals surface area contributed by atoms with Gasteiger partial charge in [0.25, 0.3) is 5.91 Å². The molecule has 3 heterocycles. The number of thioether (sulfide) groups is 1. The van der Waals surface area contributed by atoms with E-state index in [9.17, 15) is 4.79 Å². The van der Waals surface area contributed by atoms with Crippen LogP contribution >= 0.6 is 23.1 Å². The van der Waals surface area contributed by atoms with E-state index in [1.54, 1.807) is 29.4 Å². The van der Waals surface area contributed by atoms with Crippen molar-refractivity contribution in [1.29, 1.82) is 0 Å². The molecule has 2 aromatic rings. The Balaban J connectivity index is 1.38. The second-order valence-corrected chi connectivity index (χ2v) is 7.71. The van der Waals surface area contributed by atoms with Crippen molar-refractivity contribution >= 4 is 29.0 Å². The summed E-state index contributed by atoms with van der Waals surface area (Å²) in [5, 5.41) is 2.98. The van der Waals surface area contributed by atoms with E-state index in [0.717, 1.165) is 52.1 Å². The van der Waals surface area contributed by atoms with Crippen LogP contribution < -0.4 is 5.32 Å². The van der Waals surface area contributed by atoms with E-state index in [-0.39, 0.29) is 12.0 Å². The van der Waals surface area contributed by atoms with Crippen LogP contribution in [0.2, 0.25) is 0 Å². The molecule has 0 unspecified atom stereocenters. The SMILES string of the molecule is Cc1[nH]cnc1CSCCNC(=O)c1ccc([C@H]2CCCO2)s1. The molecule has 0 bridgehead atoms. The summed E-state index contributed by atoms with van der Waals surface area (Å²) >= 11 is 3.32. The van der Waals surface area contributed by atoms with Gasteiger partial charge in [0, 0.05) is 35.2 Å². The van der Waals surface area contributed by atoms with Crippen molar-refractivity contribution in [3.05, 3.63) is 39.6 Å². The summed E-state index contributed by atoms with van der Waals surface area (Å²) < 4.78 is 5.66. The Morgan fingerprint density at radius 3 is 3.22 bits per heavy atom. The van der Waals surface area contributed by atoms with Crippen molar-refractivity contribution in [1.82, 2.24) is 15.3 Å². The maximum absolute atomic E-state index is 12.2. The summed E-state index contributed by atoms with van der Waals surface area (Å²) in [5.41, 5.74) is 2.20. The Morgan fingerprint density at radius 1 is 1.57 bits per heavy atom. The van der Waals surface area contributed by atoms with E-state index in [4.69, 9.17) is 4.74 Å². The van der Waals surface area contributed by atoms with Gasteiger partial charge >= 0.3 is 0 Å². The molecule has 1 amide bonds. The van der Waals surface area contributed by atoms with Gasteiger partial charge in [-0.05, 0) is 31.9 Å². The van der Waals surface area contributed by atoms with Crippen molar-refractivity contribution in [2.45, 2.75) is 31.6 Å². The fraction of sp³-hybridized carbons (Fsp3) is 0.500. The number of imidazole rings is 1. The van der Waals surface area contributed by atoms with Crippen LogP contribution in [0.25, 0.3) is 0 Å². The molecule has 1 saturated heterocycles. The normalized spacial score (nSPS) is 17.5. The first-order valence-electron chi connectivity index (χ1n) is 7.80. The first-order chi connectivity index (χ1) is 11.2. The van der Waals surface area contributed by atoms with Gasteiger partial charge in [0.05, 0.1) is 23.0 Å². The lowest BCUT2D eigenvalue weighted by Crippen LogP contribution is -2.24. The molecule has 1 fully saturated rings. The monoisotopic (exact) mass is 351 g/mol. The van der Waals surface area contributed by atoms with Crippen LogP contribution in [0.1, 0.15) is 44.9 Å². The number of hydrogen-bond acceptors (Lipinski definition) is 5. The lowest BCUT2D eigenvalue weighted by atomic mass is 10.2. The molecule has 2 N–H and O–H groups in total. The molecular formula is C16H21N3O2S2. The van der Waals surface area contributed by atoms with Crippen molar-refractivity contribution in [2.24, 2.45) is 0 Å². The molecule has 124 valence electrons. The second-order valence-electron chi connectivity index (χ2n) is 5.49. The van der Waals surface area contributed by atoms with E-state index in [0.29, 0.717) is 6.54 Å². The van der Waals surface area contributed by atoms with Crippen LogP contribution in [0.3, 0.4) is 0 Å². The highest BCUT2D eigenvalue weighted by molar-refractivity contribution is 7.98. The first-order valence-corrected chi connectivity index (χ1v) is 9.77. The van der Waals surface area contributed by atoms with Gasteiger partial charge in [-0.3, -0.25) is 4.79 Å². The summed E-state index contributed by atoms with van der Waals surface area (Å²) in [5.74, 6) is 1.76. The number of rotatable bonds is 7. The largest absolute Gasteiger partial charge is 0.373 e. The Morgan fingerprint density at radius 2 is 2.48 bits per heavy atom. The number of H-pyrrole nitrogens is 1. The quantitative estimate of drug-likeness (QED) is 0.751. The van der Waals surface area contributed by atoms with Gasteiger partial charge in [0.15, 0.2) is 0 Å². The average molecular weight is 351 g/mol. The third kappa shape index (κ3) is 4.37. The molecule has 1 atom stereocenters. The van der Waals surface area contributed by atoms with Crippen molar-refractivity contribution in [3.63, 3.8) is 0 Å². The minimum Gasteiger partial charge on any atom is -0.373 e. The Kier molecular flexibility index (Phi) is 5.75. The van der Waals surface area contributed by atoms with Gasteiger partial charge in [0.2, 0.25) is 0 Å². The van der Waals surface area contributed by atoms with Crippen LogP contribution in [-0.2, 0) is 10.5 Å². The van der Waals surface area contributed by atoms with E-state index in [2.05, 4.69) is 15.3 Å². The van der Waals surface area contributed by atoms with Gasteiger partial charge in [-0.2, -0.15) is 11.8 Å². The molecule has 0 aliphatic carbocycles. The molecule has 7 heteroatoms. The maximum Gasteiger partial charge on any atom is 0.261 e. The lowest BCUT2D eigenvalue weighted by molar-refractivity contribution is 0.0960. The number of aryl methyl sites for hydroxylation is 1. The Labute approximate surface area is 144 Å². The first kappa shape index (κ1) is 16.5. The van der Waals surface area contributed by atoms with Crippen molar-refractivity contribution in [2.75, 3.05) is 18.9 Å². The summed E-state index contributed by atoms with van der Waals surface area (Å²) in [4.78, 5) is 21.4. The lowest BCUT2D eigenvalue weighted by Gasteiger charge is -2.05. The third-order valence-electron chi connectivity index (χ3n) is 3.80. The third-order valence-corrected chi connectivity index (χ3v) is 5.95. The number of nitrogens with one attached hydrogen (secondary N) is 2. The standard InChI is InChI=1S/C16H21N3O2S2/c1-11-12(19-10-18-11)9-22-8-6-17-16(20)15-5-4-14(23-15)13-3-2-7-21-13/h4-5,10,13H,2-3,6-9H2,1H3,(H,17,20)(H,18,19)/t13-/m1/s1. The molecule has 0 radical (unpaired) electrons. The fourth-order valence-corrected chi connectivity index (χ4v) is 4.36. The van der Waals surface area contributed by atoms with Gasteiger partial charge in [-0.15, -0.1) is 11.3 Å². The van der Waals surface area contributed by atoms with Crippen LogP contribution in [0.5, 0.6) is 0 Å². The number of aromatic amines is 1. The fourth-order valence-electron chi connectivity index (χ4n) is 2.48. The zero-order valence-corrected chi connectivity index (χ0v) is 14.8.